The molecule has 6 aliphatic heterocycles. The number of pyridine rings is 1. The summed E-state index contributed by atoms with van der Waals surface area (Å²) in [4.78, 5) is 83.3. The summed E-state index contributed by atoms with van der Waals surface area (Å²) in [6.45, 7) is 6.82. The summed E-state index contributed by atoms with van der Waals surface area (Å²) in [7, 11) is 0. The highest BCUT2D eigenvalue weighted by molar-refractivity contribution is 6.24. The van der Waals surface area contributed by atoms with Gasteiger partial charge in [-0.15, -0.1) is 6.42 Å². The van der Waals surface area contributed by atoms with Gasteiger partial charge in [-0.1, -0.05) is 42.7 Å². The van der Waals surface area contributed by atoms with Gasteiger partial charge in [-0.2, -0.15) is 9.97 Å². The number of nitrogens with one attached hydrogen (secondary N) is 3. The highest BCUT2D eigenvalue weighted by Gasteiger charge is 2.52. The van der Waals surface area contributed by atoms with Crippen molar-refractivity contribution in [1.82, 2.24) is 40.7 Å². The summed E-state index contributed by atoms with van der Waals surface area (Å²) in [5.41, 5.74) is 1.55. The third-order valence-electron chi connectivity index (χ3n) is 15.4. The number of aromatic hydroxyl groups is 1. The Morgan fingerprint density at radius 2 is 1.82 bits per heavy atom. The second kappa shape index (κ2) is 19.1. The molecule has 5 saturated heterocycles. The summed E-state index contributed by atoms with van der Waals surface area (Å²) >= 11 is 0. The smallest absolute Gasteiger partial charge is 0.407 e. The number of phenolic OH excluding ortho intramolecular Hbond substituents is 1. The van der Waals surface area contributed by atoms with Gasteiger partial charge in [-0.3, -0.25) is 39.3 Å². The molecular formula is C54H53F2N9O8. The first-order valence-corrected chi connectivity index (χ1v) is 24.9. The number of hydrogen-bond acceptors (Lipinski definition) is 14. The number of halogens is 2. The zero-order valence-corrected chi connectivity index (χ0v) is 40.0. The van der Waals surface area contributed by atoms with Crippen molar-refractivity contribution in [3.05, 3.63) is 94.7 Å². The Balaban J connectivity index is 0.733. The fraction of sp³-hybridized carbons (Fsp3) is 0.407. The number of carbonyl (C=O) groups is 5. The van der Waals surface area contributed by atoms with Crippen molar-refractivity contribution < 1.29 is 47.3 Å². The van der Waals surface area contributed by atoms with Gasteiger partial charge < -0.3 is 30.1 Å². The zero-order chi connectivity index (χ0) is 50.7. The third kappa shape index (κ3) is 8.75. The Kier molecular flexibility index (Phi) is 12.5. The van der Waals surface area contributed by atoms with Crippen LogP contribution in [0.15, 0.2) is 60.8 Å². The van der Waals surface area contributed by atoms with Gasteiger partial charge >= 0.3 is 12.1 Å². The van der Waals surface area contributed by atoms with Crippen LogP contribution in [0.25, 0.3) is 32.9 Å². The first-order chi connectivity index (χ1) is 35.3. The molecule has 5 aromatic rings. The number of rotatable bonds is 14. The molecule has 6 aliphatic rings. The number of terminal acetylenes is 1. The van der Waals surface area contributed by atoms with Crippen molar-refractivity contribution in [2.45, 2.75) is 100 Å². The molecular weight excluding hydrogens is 941 g/mol. The zero-order valence-electron chi connectivity index (χ0n) is 40.0. The van der Waals surface area contributed by atoms with Gasteiger partial charge in [0.15, 0.2) is 5.82 Å². The van der Waals surface area contributed by atoms with Crippen molar-refractivity contribution in [2.75, 3.05) is 44.3 Å². The molecule has 5 fully saturated rings. The SMILES string of the molecule is C#Cc1c(F)ccc2cc(O)cc(-c3ncc4c(N5CC6CCC(C5)N6)nc(OC[C@@]56CC[C@@H](COC(=O)NCCCCCc7cccc8c7C(=O)N(C7CCC(=O)NC7=O)C8=O)N5CC(=C)C6)nc4c3F)c12. The van der Waals surface area contributed by atoms with Gasteiger partial charge in [0.2, 0.25) is 11.8 Å². The number of alkyl carbamates (subject to hydrolysis) is 1. The molecule has 3 unspecified atom stereocenters. The average Bonchev–Trinajstić information content (AvgIpc) is 4.08. The molecule has 2 aromatic heterocycles. The Morgan fingerprint density at radius 1 is 1.00 bits per heavy atom. The maximum Gasteiger partial charge on any atom is 0.407 e. The minimum Gasteiger partial charge on any atom is -0.508 e. The number of anilines is 1. The summed E-state index contributed by atoms with van der Waals surface area (Å²) < 4.78 is 44.6. The number of nitrogens with zero attached hydrogens (tertiary/aromatic N) is 6. The predicted octanol–water partition coefficient (Wildman–Crippen LogP) is 5.83. The molecule has 0 radical (unpaired) electrons. The number of carbonyl (C=O) groups excluding carboxylic acids is 5. The topological polar surface area (TPSA) is 209 Å². The Hall–Kier alpha value is -7.56. The number of piperidine rings is 1. The first kappa shape index (κ1) is 47.7. The van der Waals surface area contributed by atoms with Crippen molar-refractivity contribution in [3.8, 4) is 35.4 Å². The molecule has 2 bridgehead atoms. The lowest BCUT2D eigenvalue weighted by atomic mass is 9.94. The number of imide groups is 2. The lowest BCUT2D eigenvalue weighted by Gasteiger charge is -2.35. The molecule has 73 heavy (non-hydrogen) atoms. The van der Waals surface area contributed by atoms with Crippen LogP contribution in [0.5, 0.6) is 11.8 Å². The monoisotopic (exact) mass is 993 g/mol. The average molecular weight is 994 g/mol. The fourth-order valence-electron chi connectivity index (χ4n) is 12.0. The minimum absolute atomic E-state index is 0.0286. The number of benzene rings is 3. The summed E-state index contributed by atoms with van der Waals surface area (Å²) in [6.07, 6.45) is 13.5. The standard InChI is InChI=1S/C54H53F2N9O8/c1-3-36-40(55)14-11-31-20-35(66)21-38(43(31)36)46-45(56)47-39(23-58-46)48(63-25-32-12-13-33(26-63)59-32)62-52(61-47)73-28-54-18-17-34(64(54)24-29(2)22-54)27-72-53(71)57-19-6-4-5-8-30-9-7-10-37-44(30)51(70)65(50(37)69)41-15-16-42(67)60-49(41)68/h1,7,9-11,14,20-21,23,32-34,41,59,66H,2,4-6,8,12-13,15-19,22,24-28H2,(H,57,71)(H,60,67,68)/t32?,33?,34-,41?,54-/m0/s1. The van der Waals surface area contributed by atoms with Crippen LogP contribution in [-0.4, -0.2) is 129 Å². The highest BCUT2D eigenvalue weighted by Crippen LogP contribution is 2.45. The number of unbranched alkanes of at least 4 members (excludes halogenated alkanes) is 2. The molecule has 19 heteroatoms. The summed E-state index contributed by atoms with van der Waals surface area (Å²) in [5, 5.41) is 20.4. The second-order valence-electron chi connectivity index (χ2n) is 20.1. The maximum absolute atomic E-state index is 17.2. The van der Waals surface area contributed by atoms with Gasteiger partial charge in [0, 0.05) is 67.9 Å². The summed E-state index contributed by atoms with van der Waals surface area (Å²) in [5.74, 6) is -0.930. The third-order valence-corrected chi connectivity index (χ3v) is 15.4. The van der Waals surface area contributed by atoms with Gasteiger partial charge in [-0.25, -0.2) is 13.6 Å². The quantitative estimate of drug-likeness (QED) is 0.0447. The number of ether oxygens (including phenoxy) is 2. The van der Waals surface area contributed by atoms with Gasteiger partial charge in [0.25, 0.3) is 11.8 Å². The van der Waals surface area contributed by atoms with Crippen LogP contribution in [0.3, 0.4) is 0 Å². The van der Waals surface area contributed by atoms with E-state index in [1.54, 1.807) is 18.2 Å². The minimum atomic E-state index is -1.03. The first-order valence-electron chi connectivity index (χ1n) is 24.9. The predicted molar refractivity (Wildman–Crippen MR) is 264 cm³/mol. The molecule has 0 aliphatic carbocycles. The van der Waals surface area contributed by atoms with E-state index in [1.165, 1.54) is 30.5 Å². The lowest BCUT2D eigenvalue weighted by molar-refractivity contribution is -0.136. The second-order valence-corrected chi connectivity index (χ2v) is 20.1. The Bertz CT molecular complexity index is 3210. The molecule has 0 saturated carbocycles. The van der Waals surface area contributed by atoms with E-state index in [2.05, 4.69) is 48.2 Å². The Morgan fingerprint density at radius 3 is 2.62 bits per heavy atom. The van der Waals surface area contributed by atoms with Crippen LogP contribution in [0, 0.1) is 24.0 Å². The molecule has 17 nitrogen and oxygen atoms in total. The number of phenols is 1. The molecule has 376 valence electrons. The highest BCUT2D eigenvalue weighted by atomic mass is 19.1. The van der Waals surface area contributed by atoms with Crippen molar-refractivity contribution in [1.29, 1.82) is 0 Å². The van der Waals surface area contributed by atoms with E-state index in [0.717, 1.165) is 36.2 Å². The number of fused-ring (bicyclic) bond motifs is 6. The molecule has 5 amide bonds. The maximum atomic E-state index is 17.2. The van der Waals surface area contributed by atoms with Gasteiger partial charge in [0.05, 0.1) is 27.6 Å². The van der Waals surface area contributed by atoms with Crippen molar-refractivity contribution >= 4 is 57.2 Å². The normalized spacial score (nSPS) is 23.5. The molecule has 8 heterocycles. The molecule has 5 atom stereocenters. The van der Waals surface area contributed by atoms with Crippen LogP contribution in [0.4, 0.5) is 19.4 Å². The van der Waals surface area contributed by atoms with Gasteiger partial charge in [0.1, 0.15) is 47.9 Å². The van der Waals surface area contributed by atoms with E-state index in [9.17, 15) is 29.1 Å². The number of aryl methyl sites for hydroxylation is 1. The van der Waals surface area contributed by atoms with Crippen LogP contribution >= 0.6 is 0 Å². The van der Waals surface area contributed by atoms with Gasteiger partial charge in [-0.05, 0) is 93.0 Å². The van der Waals surface area contributed by atoms with E-state index >= 15 is 8.78 Å². The number of piperazine rings is 1. The van der Waals surface area contributed by atoms with Crippen LogP contribution in [-0.2, 0) is 20.7 Å². The molecule has 4 N–H and O–H groups in total. The number of aromatic nitrogens is 3. The molecule has 11 rings (SSSR count). The lowest BCUT2D eigenvalue weighted by Crippen LogP contribution is -2.54. The van der Waals surface area contributed by atoms with E-state index in [-0.39, 0.29) is 89.2 Å². The fourth-order valence-corrected chi connectivity index (χ4v) is 12.0. The largest absolute Gasteiger partial charge is 0.508 e. The van der Waals surface area contributed by atoms with Crippen molar-refractivity contribution in [3.63, 3.8) is 0 Å². The van der Waals surface area contributed by atoms with Crippen LogP contribution in [0.1, 0.15) is 96.1 Å². The van der Waals surface area contributed by atoms with Crippen LogP contribution in [0.2, 0.25) is 0 Å². The van der Waals surface area contributed by atoms with E-state index in [4.69, 9.17) is 20.9 Å². The number of hydrogen-bond donors (Lipinski definition) is 4. The van der Waals surface area contributed by atoms with Crippen LogP contribution < -0.4 is 25.6 Å². The van der Waals surface area contributed by atoms with E-state index in [0.29, 0.717) is 86.0 Å². The van der Waals surface area contributed by atoms with E-state index < -0.39 is 52.9 Å². The number of amides is 5. The summed E-state index contributed by atoms with van der Waals surface area (Å²) in [6, 6.07) is 9.81. The molecule has 0 spiro atoms. The Labute approximate surface area is 418 Å². The van der Waals surface area contributed by atoms with E-state index in [1.807, 2.05) is 0 Å². The molecule has 3 aromatic carbocycles. The van der Waals surface area contributed by atoms with Crippen molar-refractivity contribution in [2.24, 2.45) is 0 Å².